The maximum absolute atomic E-state index is 11.8. The topological polar surface area (TPSA) is 102 Å². The monoisotopic (exact) mass is 329 g/mol. The first-order chi connectivity index (χ1) is 10.2. The zero-order chi connectivity index (χ0) is 16.5. The Morgan fingerprint density at radius 1 is 1.41 bits per heavy atom. The summed E-state index contributed by atoms with van der Waals surface area (Å²) in [6, 6.07) is 0. The number of carbonyl (C=O) groups excluding carboxylic acids is 1. The molecule has 0 aliphatic carbocycles. The lowest BCUT2D eigenvalue weighted by Gasteiger charge is -2.21. The van der Waals surface area contributed by atoms with Crippen molar-refractivity contribution in [2.75, 3.05) is 32.4 Å². The molecule has 0 spiro atoms. The zero-order valence-electron chi connectivity index (χ0n) is 13.2. The van der Waals surface area contributed by atoms with Crippen molar-refractivity contribution in [3.63, 3.8) is 0 Å². The quantitative estimate of drug-likeness (QED) is 0.756. The molecule has 2 rings (SSSR count). The van der Waals surface area contributed by atoms with Gasteiger partial charge in [-0.05, 0) is 6.92 Å². The molecule has 8 nitrogen and oxygen atoms in total. The standard InChI is InChI=1S/C13H23N5O3S/c1-10-11(6-15-16(10)2)7-17-4-5-18(22(3,20)21)9-12(8-17)13(14)19/h6,12H,4-5,7-9H2,1-3H3,(H2,14,19). The molecule has 1 amide bonds. The van der Waals surface area contributed by atoms with Crippen LogP contribution in [0.2, 0.25) is 0 Å². The molecule has 0 saturated carbocycles. The van der Waals surface area contributed by atoms with E-state index in [4.69, 9.17) is 5.73 Å². The van der Waals surface area contributed by atoms with Gasteiger partial charge in [0.05, 0.1) is 18.4 Å². The van der Waals surface area contributed by atoms with Crippen molar-refractivity contribution in [2.24, 2.45) is 18.7 Å². The number of carbonyl (C=O) groups is 1. The third-order valence-electron chi connectivity index (χ3n) is 4.17. The number of rotatable bonds is 4. The summed E-state index contributed by atoms with van der Waals surface area (Å²) >= 11 is 0. The van der Waals surface area contributed by atoms with Crippen LogP contribution in [0.1, 0.15) is 11.3 Å². The Morgan fingerprint density at radius 3 is 2.59 bits per heavy atom. The Balaban J connectivity index is 2.16. The molecule has 1 saturated heterocycles. The molecule has 2 heterocycles. The van der Waals surface area contributed by atoms with Crippen LogP contribution in [0, 0.1) is 12.8 Å². The second-order valence-electron chi connectivity index (χ2n) is 5.83. The van der Waals surface area contributed by atoms with E-state index in [9.17, 15) is 13.2 Å². The minimum atomic E-state index is -3.33. The number of aromatic nitrogens is 2. The Bertz CT molecular complexity index is 655. The summed E-state index contributed by atoms with van der Waals surface area (Å²) in [4.78, 5) is 13.7. The van der Waals surface area contributed by atoms with Crippen molar-refractivity contribution in [3.05, 3.63) is 17.5 Å². The van der Waals surface area contributed by atoms with E-state index in [1.165, 1.54) is 4.31 Å². The summed E-state index contributed by atoms with van der Waals surface area (Å²) in [5.74, 6) is -0.974. The SMILES string of the molecule is Cc1c(CN2CCN(S(C)(=O)=O)CC(C(N)=O)C2)cnn1C. The molecule has 1 atom stereocenters. The van der Waals surface area contributed by atoms with E-state index in [1.807, 2.05) is 14.0 Å². The third-order valence-corrected chi connectivity index (χ3v) is 5.44. The third kappa shape index (κ3) is 3.84. The van der Waals surface area contributed by atoms with Crippen LogP contribution in [0.4, 0.5) is 0 Å². The Labute approximate surface area is 130 Å². The summed E-state index contributed by atoms with van der Waals surface area (Å²) in [5, 5.41) is 4.21. The van der Waals surface area contributed by atoms with Crippen LogP contribution in [-0.2, 0) is 28.4 Å². The minimum absolute atomic E-state index is 0.149. The summed E-state index contributed by atoms with van der Waals surface area (Å²) in [5.41, 5.74) is 7.55. The summed E-state index contributed by atoms with van der Waals surface area (Å²) in [6.07, 6.45) is 2.96. The fourth-order valence-corrected chi connectivity index (χ4v) is 3.48. The average molecular weight is 329 g/mol. The molecule has 124 valence electrons. The van der Waals surface area contributed by atoms with Gasteiger partial charge in [-0.25, -0.2) is 12.7 Å². The number of sulfonamides is 1. The highest BCUT2D eigenvalue weighted by Gasteiger charge is 2.30. The lowest BCUT2D eigenvalue weighted by Crippen LogP contribution is -2.40. The van der Waals surface area contributed by atoms with Crippen molar-refractivity contribution in [1.82, 2.24) is 19.0 Å². The van der Waals surface area contributed by atoms with Crippen molar-refractivity contribution in [2.45, 2.75) is 13.5 Å². The van der Waals surface area contributed by atoms with E-state index >= 15 is 0 Å². The normalized spacial score (nSPS) is 21.7. The van der Waals surface area contributed by atoms with E-state index in [-0.39, 0.29) is 6.54 Å². The van der Waals surface area contributed by atoms with Gasteiger partial charge in [0.15, 0.2) is 0 Å². The second kappa shape index (κ2) is 6.35. The molecule has 1 fully saturated rings. The van der Waals surface area contributed by atoms with Gasteiger partial charge in [0.25, 0.3) is 0 Å². The van der Waals surface area contributed by atoms with Crippen LogP contribution < -0.4 is 5.73 Å². The number of hydrogen-bond donors (Lipinski definition) is 1. The number of primary amides is 1. The molecular formula is C13H23N5O3S. The Morgan fingerprint density at radius 2 is 2.09 bits per heavy atom. The van der Waals surface area contributed by atoms with Crippen LogP contribution in [0.3, 0.4) is 0 Å². The van der Waals surface area contributed by atoms with Gasteiger partial charge < -0.3 is 5.73 Å². The predicted octanol–water partition coefficient (Wildman–Crippen LogP) is -1.09. The number of amides is 1. The Hall–Kier alpha value is -1.45. The Kier molecular flexibility index (Phi) is 4.88. The molecule has 2 N–H and O–H groups in total. The molecule has 9 heteroatoms. The molecule has 0 radical (unpaired) electrons. The zero-order valence-corrected chi connectivity index (χ0v) is 14.0. The smallest absolute Gasteiger partial charge is 0.223 e. The van der Waals surface area contributed by atoms with Crippen LogP contribution in [0.15, 0.2) is 6.20 Å². The molecular weight excluding hydrogens is 306 g/mol. The highest BCUT2D eigenvalue weighted by molar-refractivity contribution is 7.88. The molecule has 1 unspecified atom stereocenters. The molecule has 0 bridgehead atoms. The van der Waals surface area contributed by atoms with E-state index < -0.39 is 21.8 Å². The fraction of sp³-hybridized carbons (Fsp3) is 0.692. The van der Waals surface area contributed by atoms with Crippen molar-refractivity contribution >= 4 is 15.9 Å². The van der Waals surface area contributed by atoms with Gasteiger partial charge in [-0.1, -0.05) is 0 Å². The summed E-state index contributed by atoms with van der Waals surface area (Å²) in [6.45, 7) is 4.13. The predicted molar refractivity (Wildman–Crippen MR) is 82.3 cm³/mol. The fourth-order valence-electron chi connectivity index (χ4n) is 2.62. The highest BCUT2D eigenvalue weighted by Crippen LogP contribution is 2.16. The van der Waals surface area contributed by atoms with Gasteiger partial charge in [-0.2, -0.15) is 5.10 Å². The number of aryl methyl sites for hydroxylation is 1. The molecule has 22 heavy (non-hydrogen) atoms. The van der Waals surface area contributed by atoms with Crippen LogP contribution in [-0.4, -0.2) is 65.7 Å². The number of nitrogens with two attached hydrogens (primary N) is 1. The van der Waals surface area contributed by atoms with Gasteiger partial charge in [0.2, 0.25) is 15.9 Å². The van der Waals surface area contributed by atoms with Gasteiger partial charge in [-0.15, -0.1) is 0 Å². The van der Waals surface area contributed by atoms with E-state index in [1.54, 1.807) is 10.9 Å². The maximum atomic E-state index is 11.8. The van der Waals surface area contributed by atoms with Crippen LogP contribution in [0.5, 0.6) is 0 Å². The first kappa shape index (κ1) is 16.9. The lowest BCUT2D eigenvalue weighted by atomic mass is 10.1. The first-order valence-electron chi connectivity index (χ1n) is 7.12. The van der Waals surface area contributed by atoms with Crippen molar-refractivity contribution < 1.29 is 13.2 Å². The second-order valence-corrected chi connectivity index (χ2v) is 7.82. The first-order valence-corrected chi connectivity index (χ1v) is 8.97. The van der Waals surface area contributed by atoms with Gasteiger partial charge in [0, 0.05) is 51.0 Å². The van der Waals surface area contributed by atoms with Crippen molar-refractivity contribution in [1.29, 1.82) is 0 Å². The summed E-state index contributed by atoms with van der Waals surface area (Å²) < 4.78 is 26.7. The highest BCUT2D eigenvalue weighted by atomic mass is 32.2. The molecule has 1 aliphatic heterocycles. The number of nitrogens with zero attached hydrogens (tertiary/aromatic N) is 4. The molecule has 0 aromatic carbocycles. The average Bonchev–Trinajstić information content (AvgIpc) is 2.65. The summed E-state index contributed by atoms with van der Waals surface area (Å²) in [7, 11) is -1.46. The van der Waals surface area contributed by atoms with E-state index in [0.29, 0.717) is 26.2 Å². The lowest BCUT2D eigenvalue weighted by molar-refractivity contribution is -0.122. The molecule has 1 aromatic rings. The molecule has 1 aliphatic rings. The van der Waals surface area contributed by atoms with E-state index in [2.05, 4.69) is 10.00 Å². The van der Waals surface area contributed by atoms with E-state index in [0.717, 1.165) is 17.5 Å². The maximum Gasteiger partial charge on any atom is 0.223 e. The number of hydrogen-bond acceptors (Lipinski definition) is 5. The van der Waals surface area contributed by atoms with Crippen LogP contribution in [0.25, 0.3) is 0 Å². The van der Waals surface area contributed by atoms with Gasteiger partial charge in [0.1, 0.15) is 0 Å². The largest absolute Gasteiger partial charge is 0.369 e. The van der Waals surface area contributed by atoms with Gasteiger partial charge >= 0.3 is 0 Å². The van der Waals surface area contributed by atoms with Gasteiger partial charge in [-0.3, -0.25) is 14.4 Å². The molecule has 1 aromatic heterocycles. The minimum Gasteiger partial charge on any atom is -0.369 e. The van der Waals surface area contributed by atoms with Crippen molar-refractivity contribution in [3.8, 4) is 0 Å². The van der Waals surface area contributed by atoms with Crippen LogP contribution >= 0.6 is 0 Å².